The van der Waals surface area contributed by atoms with Crippen molar-refractivity contribution >= 4 is 11.4 Å². The Morgan fingerprint density at radius 2 is 2.12 bits per heavy atom. The van der Waals surface area contributed by atoms with E-state index in [9.17, 15) is 4.55 Å². The summed E-state index contributed by atoms with van der Waals surface area (Å²) in [7, 11) is 1.60. The van der Waals surface area contributed by atoms with Crippen LogP contribution in [0.4, 0.5) is 0 Å². The zero-order valence-corrected chi connectivity index (χ0v) is 11.6. The first-order valence-corrected chi connectivity index (χ1v) is 6.74. The number of ether oxygens (including phenoxy) is 1. The lowest BCUT2D eigenvalue weighted by atomic mass is 10.3. The maximum absolute atomic E-state index is 11.7. The Morgan fingerprint density at radius 3 is 2.71 bits per heavy atom. The topological polar surface area (TPSA) is 57.2 Å². The number of hydrogen-bond donors (Lipinski definition) is 1. The van der Waals surface area contributed by atoms with Crippen molar-refractivity contribution in [2.45, 2.75) is 31.9 Å². The standard InChI is InChI=1S/C12H20N2O2S/c1-12(2,3)17(15)13-9-8-10-6-5-7-11(14-10)16-4/h5-7,13H,8-9H2,1-4H3/t17-/m1/s1. The van der Waals surface area contributed by atoms with E-state index < -0.39 is 11.4 Å². The highest BCUT2D eigenvalue weighted by Gasteiger charge is 2.25. The Kier molecular flexibility index (Phi) is 5.24. The largest absolute Gasteiger partial charge is 0.598 e. The molecule has 1 aromatic heterocycles. The average molecular weight is 256 g/mol. The minimum atomic E-state index is -1.03. The number of aromatic nitrogens is 1. The van der Waals surface area contributed by atoms with Crippen molar-refractivity contribution in [3.63, 3.8) is 0 Å². The summed E-state index contributed by atoms with van der Waals surface area (Å²) in [6.45, 7) is 6.48. The average Bonchev–Trinajstić information content (AvgIpc) is 2.28. The first-order chi connectivity index (χ1) is 7.93. The summed E-state index contributed by atoms with van der Waals surface area (Å²) in [6.07, 6.45) is 0.735. The third-order valence-electron chi connectivity index (χ3n) is 2.16. The van der Waals surface area contributed by atoms with Crippen LogP contribution in [0.25, 0.3) is 0 Å². The molecule has 96 valence electrons. The highest BCUT2D eigenvalue weighted by Crippen LogP contribution is 2.13. The first kappa shape index (κ1) is 14.3. The minimum Gasteiger partial charge on any atom is -0.598 e. The zero-order valence-electron chi connectivity index (χ0n) is 10.8. The number of nitrogens with zero attached hydrogens (tertiary/aromatic N) is 1. The molecule has 0 fully saturated rings. The Morgan fingerprint density at radius 1 is 1.41 bits per heavy atom. The highest BCUT2D eigenvalue weighted by molar-refractivity contribution is 7.90. The molecule has 0 bridgehead atoms. The van der Waals surface area contributed by atoms with Crippen molar-refractivity contribution in [1.82, 2.24) is 9.71 Å². The maximum atomic E-state index is 11.7. The van der Waals surface area contributed by atoms with Crippen molar-refractivity contribution in [2.75, 3.05) is 13.7 Å². The summed E-state index contributed by atoms with van der Waals surface area (Å²) < 4.78 is 19.5. The molecule has 0 radical (unpaired) electrons. The smallest absolute Gasteiger partial charge is 0.213 e. The van der Waals surface area contributed by atoms with Gasteiger partial charge in [-0.25, -0.2) is 4.98 Å². The van der Waals surface area contributed by atoms with Gasteiger partial charge in [0.15, 0.2) is 0 Å². The van der Waals surface area contributed by atoms with Gasteiger partial charge in [-0.2, -0.15) is 0 Å². The summed E-state index contributed by atoms with van der Waals surface area (Å²) in [6, 6.07) is 5.65. The number of nitrogens with one attached hydrogen (secondary N) is 1. The van der Waals surface area contributed by atoms with E-state index in [1.54, 1.807) is 7.11 Å². The molecule has 17 heavy (non-hydrogen) atoms. The number of hydrogen-bond acceptors (Lipinski definition) is 4. The predicted molar refractivity (Wildman–Crippen MR) is 70.4 cm³/mol. The molecule has 5 heteroatoms. The molecule has 1 atom stereocenters. The first-order valence-electron chi connectivity index (χ1n) is 5.59. The molecule has 0 unspecified atom stereocenters. The van der Waals surface area contributed by atoms with Gasteiger partial charge in [-0.1, -0.05) is 6.07 Å². The lowest BCUT2D eigenvalue weighted by molar-refractivity contribution is 0.396. The van der Waals surface area contributed by atoms with Crippen LogP contribution in [0.2, 0.25) is 0 Å². The second-order valence-electron chi connectivity index (χ2n) is 4.70. The van der Waals surface area contributed by atoms with Crippen LogP contribution in [0.3, 0.4) is 0 Å². The van der Waals surface area contributed by atoms with Crippen LogP contribution in [-0.2, 0) is 17.8 Å². The van der Waals surface area contributed by atoms with Gasteiger partial charge in [-0.05, 0) is 26.8 Å². The van der Waals surface area contributed by atoms with Crippen molar-refractivity contribution in [1.29, 1.82) is 0 Å². The number of methoxy groups -OCH3 is 1. The van der Waals surface area contributed by atoms with Crippen LogP contribution in [-0.4, -0.2) is 27.9 Å². The fourth-order valence-electron chi connectivity index (χ4n) is 1.20. The van der Waals surface area contributed by atoms with Crippen molar-refractivity contribution in [3.05, 3.63) is 23.9 Å². The van der Waals surface area contributed by atoms with Crippen LogP contribution in [0.5, 0.6) is 5.88 Å². The molecule has 1 aromatic rings. The van der Waals surface area contributed by atoms with Gasteiger partial charge in [0.1, 0.15) is 4.75 Å². The Labute approximate surface area is 106 Å². The highest BCUT2D eigenvalue weighted by atomic mass is 32.2. The van der Waals surface area contributed by atoms with E-state index >= 15 is 0 Å². The second-order valence-corrected chi connectivity index (χ2v) is 6.75. The molecule has 0 aromatic carbocycles. The fraction of sp³-hybridized carbons (Fsp3) is 0.583. The van der Waals surface area contributed by atoms with Crippen LogP contribution < -0.4 is 9.46 Å². The second kappa shape index (κ2) is 6.23. The summed E-state index contributed by atoms with van der Waals surface area (Å²) >= 11 is -1.03. The van der Waals surface area contributed by atoms with E-state index in [2.05, 4.69) is 9.71 Å². The van der Waals surface area contributed by atoms with Gasteiger partial charge in [-0.3, -0.25) is 0 Å². The molecule has 0 aliphatic carbocycles. The molecule has 0 saturated heterocycles. The lowest BCUT2D eigenvalue weighted by Gasteiger charge is -2.23. The van der Waals surface area contributed by atoms with Gasteiger partial charge in [0, 0.05) is 36.1 Å². The molecule has 0 amide bonds. The Bertz CT molecular complexity index is 353. The van der Waals surface area contributed by atoms with Crippen molar-refractivity contribution < 1.29 is 9.29 Å². The lowest BCUT2D eigenvalue weighted by Crippen LogP contribution is -2.40. The van der Waals surface area contributed by atoms with Crippen molar-refractivity contribution in [3.8, 4) is 5.88 Å². The molecular formula is C12H20N2O2S. The predicted octanol–water partition coefficient (Wildman–Crippen LogP) is 1.68. The number of rotatable bonds is 5. The summed E-state index contributed by atoms with van der Waals surface area (Å²) in [5, 5.41) is 0. The normalized spacial score (nSPS) is 13.5. The summed E-state index contributed by atoms with van der Waals surface area (Å²) in [5.74, 6) is 0.611. The minimum absolute atomic E-state index is 0.234. The Balaban J connectivity index is 2.40. The van der Waals surface area contributed by atoms with E-state index in [-0.39, 0.29) is 4.75 Å². The van der Waals surface area contributed by atoms with Gasteiger partial charge in [0.2, 0.25) is 5.88 Å². The zero-order chi connectivity index (χ0) is 12.9. The molecule has 1 rings (SSSR count). The molecular weight excluding hydrogens is 236 g/mol. The molecule has 1 N–H and O–H groups in total. The van der Waals surface area contributed by atoms with Crippen LogP contribution in [0.15, 0.2) is 18.2 Å². The van der Waals surface area contributed by atoms with E-state index in [4.69, 9.17) is 4.74 Å². The molecule has 0 spiro atoms. The van der Waals surface area contributed by atoms with E-state index in [1.165, 1.54) is 0 Å². The number of pyridine rings is 1. The quantitative estimate of drug-likeness (QED) is 0.814. The van der Waals surface area contributed by atoms with Crippen LogP contribution in [0, 0.1) is 0 Å². The fourth-order valence-corrected chi connectivity index (χ4v) is 1.92. The van der Waals surface area contributed by atoms with Crippen LogP contribution >= 0.6 is 0 Å². The molecule has 1 heterocycles. The third-order valence-corrected chi connectivity index (χ3v) is 3.74. The van der Waals surface area contributed by atoms with Crippen LogP contribution in [0.1, 0.15) is 26.5 Å². The van der Waals surface area contributed by atoms with E-state index in [0.29, 0.717) is 12.4 Å². The molecule has 4 nitrogen and oxygen atoms in total. The van der Waals surface area contributed by atoms with Gasteiger partial charge in [0.25, 0.3) is 0 Å². The molecule has 0 saturated carbocycles. The van der Waals surface area contributed by atoms with E-state index in [1.807, 2.05) is 39.0 Å². The van der Waals surface area contributed by atoms with E-state index in [0.717, 1.165) is 12.1 Å². The molecule has 0 aliphatic heterocycles. The third kappa shape index (κ3) is 4.93. The van der Waals surface area contributed by atoms with Gasteiger partial charge < -0.3 is 9.29 Å². The Hall–Kier alpha value is -0.780. The SMILES string of the molecule is COc1cccc(CCN[S@+]([O-])C(C)(C)C)n1. The maximum Gasteiger partial charge on any atom is 0.213 e. The van der Waals surface area contributed by atoms with Gasteiger partial charge in [-0.15, -0.1) is 4.72 Å². The monoisotopic (exact) mass is 256 g/mol. The summed E-state index contributed by atoms with van der Waals surface area (Å²) in [4.78, 5) is 4.29. The van der Waals surface area contributed by atoms with Gasteiger partial charge in [0.05, 0.1) is 7.11 Å². The van der Waals surface area contributed by atoms with Gasteiger partial charge >= 0.3 is 0 Å². The molecule has 0 aliphatic rings. The summed E-state index contributed by atoms with van der Waals surface area (Å²) in [5.41, 5.74) is 0.933. The van der Waals surface area contributed by atoms with Crippen molar-refractivity contribution in [2.24, 2.45) is 0 Å².